The molecule has 0 aliphatic carbocycles. The maximum atomic E-state index is 15.2. The van der Waals surface area contributed by atoms with Crippen molar-refractivity contribution in [3.63, 3.8) is 0 Å². The van der Waals surface area contributed by atoms with Crippen LogP contribution in [0.5, 0.6) is 11.6 Å². The van der Waals surface area contributed by atoms with E-state index in [2.05, 4.69) is 36.3 Å². The maximum Gasteiger partial charge on any atom is 0.268 e. The SMILES string of the molecule is COc1ncc(F)c(COc2cccc3c(C4NC=CC4(C)C)cc(C)nc23)c1Cn1cccc(C#N)c1=O. The molecular weight excluding hydrogens is 497 g/mol. The van der Waals surface area contributed by atoms with Gasteiger partial charge in [-0.2, -0.15) is 5.26 Å². The first-order valence-corrected chi connectivity index (χ1v) is 12.5. The zero-order chi connectivity index (χ0) is 27.7. The molecule has 4 aromatic rings. The van der Waals surface area contributed by atoms with Gasteiger partial charge in [-0.3, -0.25) is 4.79 Å². The van der Waals surface area contributed by atoms with E-state index < -0.39 is 11.4 Å². The minimum atomic E-state index is -0.594. The van der Waals surface area contributed by atoms with Gasteiger partial charge in [-0.15, -0.1) is 0 Å². The van der Waals surface area contributed by atoms with E-state index in [0.717, 1.165) is 22.8 Å². The topological polar surface area (TPSA) is 102 Å². The standard InChI is InChI=1S/C30H28FN5O3/c1-18-13-21(27-30(2,3)10-11-33-27)20-8-5-9-25(26(20)35-18)39-17-23-22(28(38-4)34-15-24(23)31)16-36-12-6-7-19(14-32)29(36)37/h5-13,15,27,33H,16-17H2,1-4H3. The van der Waals surface area contributed by atoms with Gasteiger partial charge in [0, 0.05) is 33.8 Å². The number of para-hydroxylation sites is 1. The van der Waals surface area contributed by atoms with Crippen LogP contribution in [0, 0.1) is 29.5 Å². The smallest absolute Gasteiger partial charge is 0.268 e. The Morgan fingerprint density at radius 2 is 2.05 bits per heavy atom. The van der Waals surface area contributed by atoms with Gasteiger partial charge in [0.15, 0.2) is 0 Å². The second-order valence-corrected chi connectivity index (χ2v) is 10.1. The highest BCUT2D eigenvalue weighted by Crippen LogP contribution is 2.42. The van der Waals surface area contributed by atoms with Crippen molar-refractivity contribution < 1.29 is 13.9 Å². The quantitative estimate of drug-likeness (QED) is 0.365. The number of hydrogen-bond acceptors (Lipinski definition) is 7. The van der Waals surface area contributed by atoms with Crippen LogP contribution in [0.2, 0.25) is 0 Å². The third-order valence-corrected chi connectivity index (χ3v) is 7.03. The summed E-state index contributed by atoms with van der Waals surface area (Å²) in [5.41, 5.74) is 2.58. The zero-order valence-electron chi connectivity index (χ0n) is 22.2. The number of rotatable bonds is 7. The third kappa shape index (κ3) is 4.81. The molecule has 8 nitrogen and oxygen atoms in total. The molecule has 1 aliphatic heterocycles. The molecule has 198 valence electrons. The highest BCUT2D eigenvalue weighted by Gasteiger charge is 2.33. The van der Waals surface area contributed by atoms with Gasteiger partial charge in [0.25, 0.3) is 5.56 Å². The molecule has 0 saturated carbocycles. The van der Waals surface area contributed by atoms with Crippen molar-refractivity contribution in [2.75, 3.05) is 7.11 Å². The molecule has 0 fully saturated rings. The molecule has 3 aromatic heterocycles. The van der Waals surface area contributed by atoms with E-state index in [9.17, 15) is 10.1 Å². The Morgan fingerprint density at radius 1 is 1.23 bits per heavy atom. The van der Waals surface area contributed by atoms with Crippen molar-refractivity contribution in [2.45, 2.75) is 40.0 Å². The Labute approximate surface area is 225 Å². The zero-order valence-corrected chi connectivity index (χ0v) is 22.2. The fraction of sp³-hybridized carbons (Fsp3) is 0.267. The second kappa shape index (κ2) is 10.2. The van der Waals surface area contributed by atoms with Crippen LogP contribution in [0.15, 0.2) is 65.9 Å². The van der Waals surface area contributed by atoms with Crippen LogP contribution >= 0.6 is 0 Å². The number of hydrogen-bond donors (Lipinski definition) is 1. The number of nitrogens with one attached hydrogen (secondary N) is 1. The summed E-state index contributed by atoms with van der Waals surface area (Å²) in [4.78, 5) is 21.5. The molecule has 4 heterocycles. The Morgan fingerprint density at radius 3 is 2.77 bits per heavy atom. The number of halogens is 1. The summed E-state index contributed by atoms with van der Waals surface area (Å²) in [7, 11) is 1.43. The molecule has 0 amide bonds. The van der Waals surface area contributed by atoms with E-state index in [1.165, 1.54) is 23.9 Å². The van der Waals surface area contributed by atoms with Crippen LogP contribution in [0.3, 0.4) is 0 Å². The van der Waals surface area contributed by atoms with Gasteiger partial charge in [-0.05, 0) is 43.0 Å². The fourth-order valence-electron chi connectivity index (χ4n) is 5.00. The first-order chi connectivity index (χ1) is 18.7. The monoisotopic (exact) mass is 525 g/mol. The lowest BCUT2D eigenvalue weighted by Gasteiger charge is -2.28. The summed E-state index contributed by atoms with van der Waals surface area (Å²) in [6.45, 7) is 6.09. The summed E-state index contributed by atoms with van der Waals surface area (Å²) in [6.07, 6.45) is 6.73. The van der Waals surface area contributed by atoms with Crippen molar-refractivity contribution in [2.24, 2.45) is 5.41 Å². The van der Waals surface area contributed by atoms with Crippen molar-refractivity contribution in [1.29, 1.82) is 5.26 Å². The maximum absolute atomic E-state index is 15.2. The highest BCUT2D eigenvalue weighted by molar-refractivity contribution is 5.88. The van der Waals surface area contributed by atoms with Gasteiger partial charge in [-0.1, -0.05) is 32.1 Å². The number of methoxy groups -OCH3 is 1. The lowest BCUT2D eigenvalue weighted by Crippen LogP contribution is -2.24. The van der Waals surface area contributed by atoms with Crippen LogP contribution in [0.1, 0.15) is 47.8 Å². The number of nitriles is 1. The molecule has 39 heavy (non-hydrogen) atoms. The van der Waals surface area contributed by atoms with E-state index in [1.807, 2.05) is 31.3 Å². The number of aromatic nitrogens is 3. The molecule has 1 aliphatic rings. The van der Waals surface area contributed by atoms with Gasteiger partial charge in [0.05, 0.1) is 25.9 Å². The van der Waals surface area contributed by atoms with E-state index in [0.29, 0.717) is 16.8 Å². The third-order valence-electron chi connectivity index (χ3n) is 7.03. The minimum Gasteiger partial charge on any atom is -0.486 e. The normalized spacial score (nSPS) is 15.6. The predicted molar refractivity (Wildman–Crippen MR) is 145 cm³/mol. The Balaban J connectivity index is 1.54. The fourth-order valence-corrected chi connectivity index (χ4v) is 5.00. The van der Waals surface area contributed by atoms with E-state index in [1.54, 1.807) is 12.1 Å². The lowest BCUT2D eigenvalue weighted by molar-refractivity contribution is 0.297. The van der Waals surface area contributed by atoms with Crippen molar-refractivity contribution >= 4 is 10.9 Å². The number of aryl methyl sites for hydroxylation is 1. The number of benzene rings is 1. The molecule has 0 spiro atoms. The molecule has 9 heteroatoms. The Bertz CT molecular complexity index is 1700. The first kappa shape index (κ1) is 25.9. The first-order valence-electron chi connectivity index (χ1n) is 12.5. The number of pyridine rings is 3. The number of nitrogens with zero attached hydrogens (tertiary/aromatic N) is 4. The second-order valence-electron chi connectivity index (χ2n) is 10.1. The van der Waals surface area contributed by atoms with Crippen molar-refractivity contribution in [3.8, 4) is 17.7 Å². The van der Waals surface area contributed by atoms with Gasteiger partial charge in [0.1, 0.15) is 35.3 Å². The van der Waals surface area contributed by atoms with Crippen LogP contribution in [0.25, 0.3) is 10.9 Å². The van der Waals surface area contributed by atoms with Crippen LogP contribution in [-0.2, 0) is 13.2 Å². The molecule has 0 bridgehead atoms. The molecule has 1 unspecified atom stereocenters. The van der Waals surface area contributed by atoms with Gasteiger partial charge in [-0.25, -0.2) is 14.4 Å². The summed E-state index contributed by atoms with van der Waals surface area (Å²) in [6, 6.07) is 12.8. The van der Waals surface area contributed by atoms with Crippen LogP contribution in [-0.4, -0.2) is 21.6 Å². The largest absolute Gasteiger partial charge is 0.486 e. The van der Waals surface area contributed by atoms with E-state index >= 15 is 4.39 Å². The summed E-state index contributed by atoms with van der Waals surface area (Å²) >= 11 is 0. The van der Waals surface area contributed by atoms with Gasteiger partial charge >= 0.3 is 0 Å². The minimum absolute atomic E-state index is 0.0123. The molecular formula is C30H28FN5O3. The van der Waals surface area contributed by atoms with E-state index in [-0.39, 0.29) is 41.6 Å². The highest BCUT2D eigenvalue weighted by atomic mass is 19.1. The van der Waals surface area contributed by atoms with E-state index in [4.69, 9.17) is 14.5 Å². The molecule has 1 N–H and O–H groups in total. The molecule has 5 rings (SSSR count). The molecule has 1 atom stereocenters. The molecule has 0 radical (unpaired) electrons. The number of ether oxygens (including phenoxy) is 2. The van der Waals surface area contributed by atoms with Gasteiger partial charge in [0.2, 0.25) is 5.88 Å². The van der Waals surface area contributed by atoms with Crippen molar-refractivity contribution in [3.05, 3.63) is 105 Å². The lowest BCUT2D eigenvalue weighted by atomic mass is 9.81. The Hall–Kier alpha value is -4.71. The molecule has 1 aromatic carbocycles. The van der Waals surface area contributed by atoms with Crippen LogP contribution in [0.4, 0.5) is 4.39 Å². The average molecular weight is 526 g/mol. The predicted octanol–water partition coefficient (Wildman–Crippen LogP) is 4.93. The average Bonchev–Trinajstić information content (AvgIpc) is 3.27. The van der Waals surface area contributed by atoms with Gasteiger partial charge < -0.3 is 19.4 Å². The summed E-state index contributed by atoms with van der Waals surface area (Å²) < 4.78 is 28.1. The summed E-state index contributed by atoms with van der Waals surface area (Å²) in [5.74, 6) is 0.0785. The van der Waals surface area contributed by atoms with Crippen LogP contribution < -0.4 is 20.3 Å². The summed E-state index contributed by atoms with van der Waals surface area (Å²) in [5, 5.41) is 13.6. The molecule has 0 saturated heterocycles. The Kier molecular flexibility index (Phi) is 6.79. The van der Waals surface area contributed by atoms with Crippen molar-refractivity contribution in [1.82, 2.24) is 19.9 Å². The number of fused-ring (bicyclic) bond motifs is 1.